The number of halogens is 1. The van der Waals surface area contributed by atoms with Crippen LogP contribution in [0.25, 0.3) is 0 Å². The Bertz CT molecular complexity index is 887. The zero-order chi connectivity index (χ0) is 18.7. The van der Waals surface area contributed by atoms with E-state index in [-0.39, 0.29) is 23.1 Å². The summed E-state index contributed by atoms with van der Waals surface area (Å²) in [4.78, 5) is 12.4. The minimum Gasteiger partial charge on any atom is -0.377 e. The van der Waals surface area contributed by atoms with Crippen LogP contribution in [0.4, 0.5) is 5.82 Å². The van der Waals surface area contributed by atoms with Crippen molar-refractivity contribution < 1.29 is 17.9 Å². The largest absolute Gasteiger partial charge is 0.377 e. The summed E-state index contributed by atoms with van der Waals surface area (Å²) in [6, 6.07) is 7.52. The standard InChI is InChI=1S/C16H19BrN4O4S/c1-21-14(17)9-15(20-21)19-16(22)11-4-2-6-13(8-11)26(23,24)18-10-12-5-3-7-25-12/h2,4,6,8-9,12,18H,3,5,7,10H2,1H3,(H,19,20,22)/t12-/m0/s1. The molecule has 0 aliphatic carbocycles. The van der Waals surface area contributed by atoms with Crippen LogP contribution >= 0.6 is 15.9 Å². The van der Waals surface area contributed by atoms with Crippen LogP contribution in [0.3, 0.4) is 0 Å². The molecule has 1 aliphatic rings. The lowest BCUT2D eigenvalue weighted by Gasteiger charge is -2.12. The Labute approximate surface area is 160 Å². The minimum absolute atomic E-state index is 0.0327. The van der Waals surface area contributed by atoms with E-state index in [0.717, 1.165) is 12.8 Å². The number of carbonyl (C=O) groups excluding carboxylic acids is 1. The molecule has 0 bridgehead atoms. The van der Waals surface area contributed by atoms with Gasteiger partial charge in [-0.05, 0) is 47.0 Å². The van der Waals surface area contributed by atoms with Gasteiger partial charge in [-0.2, -0.15) is 5.10 Å². The van der Waals surface area contributed by atoms with Crippen LogP contribution in [0.1, 0.15) is 23.2 Å². The molecule has 0 unspecified atom stereocenters. The Hall–Kier alpha value is -1.75. The lowest BCUT2D eigenvalue weighted by molar-refractivity contribution is 0.102. The normalized spacial score (nSPS) is 17.4. The predicted molar refractivity (Wildman–Crippen MR) is 99.5 cm³/mol. The molecule has 1 atom stereocenters. The third kappa shape index (κ3) is 4.50. The zero-order valence-corrected chi connectivity index (χ0v) is 16.5. The summed E-state index contributed by atoms with van der Waals surface area (Å²) in [5.74, 6) is -0.0686. The van der Waals surface area contributed by atoms with Crippen molar-refractivity contribution in [2.24, 2.45) is 7.05 Å². The second-order valence-corrected chi connectivity index (χ2v) is 8.52. The summed E-state index contributed by atoms with van der Waals surface area (Å²) in [5.41, 5.74) is 0.228. The summed E-state index contributed by atoms with van der Waals surface area (Å²) in [6.45, 7) is 0.881. The van der Waals surface area contributed by atoms with E-state index in [9.17, 15) is 13.2 Å². The Morgan fingerprint density at radius 3 is 2.88 bits per heavy atom. The predicted octanol–water partition coefficient (Wildman–Crippen LogP) is 1.89. The van der Waals surface area contributed by atoms with Gasteiger partial charge in [-0.15, -0.1) is 0 Å². The quantitative estimate of drug-likeness (QED) is 0.710. The molecule has 2 aromatic rings. The summed E-state index contributed by atoms with van der Waals surface area (Å²) in [7, 11) is -1.99. The number of amides is 1. The first-order valence-electron chi connectivity index (χ1n) is 8.07. The molecule has 2 N–H and O–H groups in total. The van der Waals surface area contributed by atoms with Gasteiger partial charge in [-0.3, -0.25) is 9.48 Å². The molecule has 1 amide bonds. The van der Waals surface area contributed by atoms with Crippen LogP contribution in [0, 0.1) is 0 Å². The highest BCUT2D eigenvalue weighted by atomic mass is 79.9. The number of nitrogens with one attached hydrogen (secondary N) is 2. The van der Waals surface area contributed by atoms with Crippen molar-refractivity contribution in [1.82, 2.24) is 14.5 Å². The van der Waals surface area contributed by atoms with E-state index in [2.05, 4.69) is 31.1 Å². The summed E-state index contributed by atoms with van der Waals surface area (Å²) >= 11 is 3.30. The fourth-order valence-corrected chi connectivity index (χ4v) is 4.00. The van der Waals surface area contributed by atoms with E-state index in [1.807, 2.05) is 0 Å². The molecule has 3 rings (SSSR count). The second-order valence-electron chi connectivity index (χ2n) is 5.94. The number of aryl methyl sites for hydroxylation is 1. The second kappa shape index (κ2) is 7.87. The van der Waals surface area contributed by atoms with Crippen molar-refractivity contribution >= 4 is 37.7 Å². The van der Waals surface area contributed by atoms with Crippen LogP contribution in [-0.2, 0) is 21.8 Å². The van der Waals surface area contributed by atoms with Crippen LogP contribution in [0.5, 0.6) is 0 Å². The van der Waals surface area contributed by atoms with E-state index in [1.54, 1.807) is 23.9 Å². The molecule has 10 heteroatoms. The van der Waals surface area contributed by atoms with Crippen LogP contribution in [0.15, 0.2) is 39.8 Å². The van der Waals surface area contributed by atoms with E-state index in [4.69, 9.17) is 4.74 Å². The lowest BCUT2D eigenvalue weighted by Crippen LogP contribution is -2.32. The molecule has 140 valence electrons. The van der Waals surface area contributed by atoms with Crippen molar-refractivity contribution in [3.8, 4) is 0 Å². The topological polar surface area (TPSA) is 102 Å². The maximum atomic E-state index is 12.4. The van der Waals surface area contributed by atoms with Crippen molar-refractivity contribution in [2.45, 2.75) is 23.8 Å². The maximum Gasteiger partial charge on any atom is 0.256 e. The number of hydrogen-bond acceptors (Lipinski definition) is 5. The number of sulfonamides is 1. The number of rotatable bonds is 6. The van der Waals surface area contributed by atoms with E-state index >= 15 is 0 Å². The van der Waals surface area contributed by atoms with Gasteiger partial charge in [0.2, 0.25) is 10.0 Å². The first-order chi connectivity index (χ1) is 12.3. The SMILES string of the molecule is Cn1nc(NC(=O)c2cccc(S(=O)(=O)NC[C@@H]3CCCO3)c2)cc1Br. The molecule has 1 aromatic heterocycles. The average molecular weight is 443 g/mol. The molecule has 8 nitrogen and oxygen atoms in total. The van der Waals surface area contributed by atoms with Gasteiger partial charge in [-0.25, -0.2) is 13.1 Å². The third-order valence-corrected chi connectivity index (χ3v) is 6.16. The zero-order valence-electron chi connectivity index (χ0n) is 14.1. The highest BCUT2D eigenvalue weighted by molar-refractivity contribution is 9.10. The molecule has 1 aromatic carbocycles. The molecule has 1 fully saturated rings. The lowest BCUT2D eigenvalue weighted by atomic mass is 10.2. The van der Waals surface area contributed by atoms with E-state index < -0.39 is 15.9 Å². The Balaban J connectivity index is 1.71. The summed E-state index contributed by atoms with van der Waals surface area (Å²) in [6.07, 6.45) is 1.68. The maximum absolute atomic E-state index is 12.4. The average Bonchev–Trinajstić information content (AvgIpc) is 3.23. The molecule has 1 saturated heterocycles. The number of aromatic nitrogens is 2. The Morgan fingerprint density at radius 1 is 1.42 bits per heavy atom. The van der Waals surface area contributed by atoms with Crippen LogP contribution in [-0.4, -0.2) is 43.4 Å². The van der Waals surface area contributed by atoms with Crippen LogP contribution < -0.4 is 10.0 Å². The van der Waals surface area contributed by atoms with E-state index in [0.29, 0.717) is 17.0 Å². The number of carbonyl (C=O) groups is 1. The molecular weight excluding hydrogens is 424 g/mol. The third-order valence-electron chi connectivity index (χ3n) is 4.00. The van der Waals surface area contributed by atoms with Crippen molar-refractivity contribution in [3.05, 3.63) is 40.5 Å². The van der Waals surface area contributed by atoms with Gasteiger partial charge in [0, 0.05) is 31.8 Å². The summed E-state index contributed by atoms with van der Waals surface area (Å²) < 4.78 is 35.1. The number of hydrogen-bond donors (Lipinski definition) is 2. The van der Waals surface area contributed by atoms with Gasteiger partial charge in [0.25, 0.3) is 5.91 Å². The van der Waals surface area contributed by atoms with Crippen molar-refractivity contribution in [2.75, 3.05) is 18.5 Å². The molecule has 26 heavy (non-hydrogen) atoms. The number of nitrogens with zero attached hydrogens (tertiary/aromatic N) is 2. The molecule has 0 saturated carbocycles. The summed E-state index contributed by atoms with van der Waals surface area (Å²) in [5, 5.41) is 6.75. The van der Waals surface area contributed by atoms with Gasteiger partial charge in [0.05, 0.1) is 11.0 Å². The highest BCUT2D eigenvalue weighted by Crippen LogP contribution is 2.17. The van der Waals surface area contributed by atoms with Crippen molar-refractivity contribution in [3.63, 3.8) is 0 Å². The van der Waals surface area contributed by atoms with Gasteiger partial charge in [0.1, 0.15) is 4.60 Å². The van der Waals surface area contributed by atoms with Crippen LogP contribution in [0.2, 0.25) is 0 Å². The molecule has 0 spiro atoms. The highest BCUT2D eigenvalue weighted by Gasteiger charge is 2.21. The molecule has 1 aliphatic heterocycles. The molecule has 2 heterocycles. The number of anilines is 1. The fourth-order valence-electron chi connectivity index (χ4n) is 2.59. The molecular formula is C16H19BrN4O4S. The van der Waals surface area contributed by atoms with Gasteiger partial charge < -0.3 is 10.1 Å². The fraction of sp³-hybridized carbons (Fsp3) is 0.375. The number of benzene rings is 1. The van der Waals surface area contributed by atoms with Gasteiger partial charge in [0.15, 0.2) is 5.82 Å². The Kier molecular flexibility index (Phi) is 5.76. The van der Waals surface area contributed by atoms with Gasteiger partial charge in [-0.1, -0.05) is 6.07 Å². The smallest absolute Gasteiger partial charge is 0.256 e. The van der Waals surface area contributed by atoms with Gasteiger partial charge >= 0.3 is 0 Å². The van der Waals surface area contributed by atoms with Crippen molar-refractivity contribution in [1.29, 1.82) is 0 Å². The Morgan fingerprint density at radius 2 is 2.23 bits per heavy atom. The van der Waals surface area contributed by atoms with E-state index in [1.165, 1.54) is 18.2 Å². The molecule has 0 radical (unpaired) electrons. The minimum atomic E-state index is -3.72. The first-order valence-corrected chi connectivity index (χ1v) is 10.3. The first kappa shape index (κ1) is 19.0. The monoisotopic (exact) mass is 442 g/mol. The number of ether oxygens (including phenoxy) is 1.